The Labute approximate surface area is 113 Å². The molecule has 0 saturated carbocycles. The van der Waals surface area contributed by atoms with E-state index in [1.165, 1.54) is 6.92 Å². The van der Waals surface area contributed by atoms with Gasteiger partial charge in [-0.05, 0) is 50.5 Å². The predicted molar refractivity (Wildman–Crippen MR) is 73.3 cm³/mol. The molecule has 102 valence electrons. The summed E-state index contributed by atoms with van der Waals surface area (Å²) in [5, 5.41) is 2.83. The number of amides is 1. The van der Waals surface area contributed by atoms with Crippen molar-refractivity contribution in [2.24, 2.45) is 0 Å². The lowest BCUT2D eigenvalue weighted by Gasteiger charge is -2.09. The van der Waals surface area contributed by atoms with E-state index >= 15 is 0 Å². The van der Waals surface area contributed by atoms with Crippen molar-refractivity contribution in [2.75, 3.05) is 11.9 Å². The van der Waals surface area contributed by atoms with Crippen LogP contribution in [0, 0.1) is 0 Å². The fourth-order valence-corrected chi connectivity index (χ4v) is 2.18. The topological polar surface area (TPSA) is 55.4 Å². The summed E-state index contributed by atoms with van der Waals surface area (Å²) in [4.78, 5) is 22.9. The second-order valence-electron chi connectivity index (χ2n) is 4.86. The average molecular weight is 261 g/mol. The van der Waals surface area contributed by atoms with Crippen molar-refractivity contribution >= 4 is 17.4 Å². The molecule has 1 heterocycles. The highest BCUT2D eigenvalue weighted by molar-refractivity contribution is 5.95. The van der Waals surface area contributed by atoms with E-state index in [0.717, 1.165) is 31.6 Å². The van der Waals surface area contributed by atoms with Crippen LogP contribution in [0.5, 0.6) is 0 Å². The van der Waals surface area contributed by atoms with Crippen LogP contribution in [0.3, 0.4) is 0 Å². The van der Waals surface area contributed by atoms with Crippen LogP contribution in [0.25, 0.3) is 0 Å². The van der Waals surface area contributed by atoms with Gasteiger partial charge in [-0.2, -0.15) is 0 Å². The maximum Gasteiger partial charge on any atom is 0.224 e. The Hall–Kier alpha value is -1.68. The van der Waals surface area contributed by atoms with Gasteiger partial charge in [0.15, 0.2) is 5.78 Å². The summed E-state index contributed by atoms with van der Waals surface area (Å²) in [6.07, 6.45) is 3.64. The fraction of sp³-hybridized carbons (Fsp3) is 0.467. The zero-order valence-electron chi connectivity index (χ0n) is 11.1. The van der Waals surface area contributed by atoms with Gasteiger partial charge in [0.05, 0.1) is 6.10 Å². The number of rotatable bonds is 5. The van der Waals surface area contributed by atoms with E-state index in [1.54, 1.807) is 24.3 Å². The number of ether oxygens (including phenoxy) is 1. The SMILES string of the molecule is CC(=O)c1ccc(NC(=O)CC[C@H]2CCCO2)cc1. The van der Waals surface area contributed by atoms with Crippen molar-refractivity contribution < 1.29 is 14.3 Å². The highest BCUT2D eigenvalue weighted by atomic mass is 16.5. The molecule has 19 heavy (non-hydrogen) atoms. The van der Waals surface area contributed by atoms with Crippen molar-refractivity contribution in [3.8, 4) is 0 Å². The Bertz CT molecular complexity index is 447. The number of hydrogen-bond donors (Lipinski definition) is 1. The molecule has 1 aromatic rings. The van der Waals surface area contributed by atoms with E-state index in [-0.39, 0.29) is 17.8 Å². The molecule has 1 amide bonds. The van der Waals surface area contributed by atoms with Crippen LogP contribution < -0.4 is 5.32 Å². The highest BCUT2D eigenvalue weighted by Gasteiger charge is 2.16. The number of benzene rings is 1. The van der Waals surface area contributed by atoms with E-state index in [1.807, 2.05) is 0 Å². The molecule has 4 nitrogen and oxygen atoms in total. The maximum atomic E-state index is 11.8. The summed E-state index contributed by atoms with van der Waals surface area (Å²) >= 11 is 0. The van der Waals surface area contributed by atoms with Gasteiger partial charge in [0.1, 0.15) is 0 Å². The van der Waals surface area contributed by atoms with E-state index in [0.29, 0.717) is 12.0 Å². The summed E-state index contributed by atoms with van der Waals surface area (Å²) in [7, 11) is 0. The van der Waals surface area contributed by atoms with Gasteiger partial charge in [0.2, 0.25) is 5.91 Å². The molecule has 1 fully saturated rings. The normalized spacial score (nSPS) is 18.3. The van der Waals surface area contributed by atoms with Gasteiger partial charge >= 0.3 is 0 Å². The molecule has 1 aliphatic heterocycles. The second-order valence-corrected chi connectivity index (χ2v) is 4.86. The molecule has 0 bridgehead atoms. The Kier molecular flexibility index (Phi) is 4.68. The number of ketones is 1. The first kappa shape index (κ1) is 13.7. The lowest BCUT2D eigenvalue weighted by atomic mass is 10.1. The third kappa shape index (κ3) is 4.17. The standard InChI is InChI=1S/C15H19NO3/c1-11(17)12-4-6-13(7-5-12)16-15(18)9-8-14-3-2-10-19-14/h4-7,14H,2-3,8-10H2,1H3,(H,16,18)/t14-/m1/s1. The predicted octanol–water partition coefficient (Wildman–Crippen LogP) is 2.79. The quantitative estimate of drug-likeness (QED) is 0.829. The molecule has 0 aromatic heterocycles. The van der Waals surface area contributed by atoms with Gasteiger partial charge in [-0.3, -0.25) is 9.59 Å². The zero-order valence-corrected chi connectivity index (χ0v) is 11.1. The molecule has 0 radical (unpaired) electrons. The maximum absolute atomic E-state index is 11.8. The van der Waals surface area contributed by atoms with Gasteiger partial charge in [-0.1, -0.05) is 0 Å². The fourth-order valence-electron chi connectivity index (χ4n) is 2.18. The van der Waals surface area contributed by atoms with Crippen molar-refractivity contribution in [3.05, 3.63) is 29.8 Å². The van der Waals surface area contributed by atoms with Crippen LogP contribution in [-0.4, -0.2) is 24.4 Å². The minimum absolute atomic E-state index is 0.00826. The lowest BCUT2D eigenvalue weighted by molar-refractivity contribution is -0.116. The van der Waals surface area contributed by atoms with Crippen LogP contribution in [-0.2, 0) is 9.53 Å². The molecule has 0 unspecified atom stereocenters. The molecule has 0 spiro atoms. The first-order valence-electron chi connectivity index (χ1n) is 6.67. The smallest absolute Gasteiger partial charge is 0.224 e. The van der Waals surface area contributed by atoms with Gasteiger partial charge in [0, 0.05) is 24.3 Å². The zero-order chi connectivity index (χ0) is 13.7. The number of nitrogens with one attached hydrogen (secondary N) is 1. The highest BCUT2D eigenvalue weighted by Crippen LogP contribution is 2.17. The molecule has 1 aromatic carbocycles. The van der Waals surface area contributed by atoms with Crippen molar-refractivity contribution in [2.45, 2.75) is 38.7 Å². The van der Waals surface area contributed by atoms with Crippen LogP contribution >= 0.6 is 0 Å². The Morgan fingerprint density at radius 3 is 2.63 bits per heavy atom. The van der Waals surface area contributed by atoms with Crippen LogP contribution in [0.4, 0.5) is 5.69 Å². The monoisotopic (exact) mass is 261 g/mol. The minimum atomic E-state index is -0.00826. The molecule has 0 aliphatic carbocycles. The van der Waals surface area contributed by atoms with Gasteiger partial charge < -0.3 is 10.1 Å². The molecule has 1 atom stereocenters. The molecule has 4 heteroatoms. The molecule has 2 rings (SSSR count). The third-order valence-corrected chi connectivity index (χ3v) is 3.29. The number of hydrogen-bond acceptors (Lipinski definition) is 3. The first-order valence-corrected chi connectivity index (χ1v) is 6.67. The van der Waals surface area contributed by atoms with E-state index < -0.39 is 0 Å². The van der Waals surface area contributed by atoms with Gasteiger partial charge in [-0.15, -0.1) is 0 Å². The number of carbonyl (C=O) groups excluding carboxylic acids is 2. The van der Waals surface area contributed by atoms with E-state index in [2.05, 4.69) is 5.32 Å². The van der Waals surface area contributed by atoms with Crippen LogP contribution in [0.1, 0.15) is 43.0 Å². The van der Waals surface area contributed by atoms with Gasteiger partial charge in [-0.25, -0.2) is 0 Å². The van der Waals surface area contributed by atoms with Gasteiger partial charge in [0.25, 0.3) is 0 Å². The van der Waals surface area contributed by atoms with Crippen molar-refractivity contribution in [1.82, 2.24) is 0 Å². The molecule has 1 saturated heterocycles. The first-order chi connectivity index (χ1) is 9.15. The number of carbonyl (C=O) groups is 2. The van der Waals surface area contributed by atoms with Crippen LogP contribution in [0.2, 0.25) is 0 Å². The molecular weight excluding hydrogens is 242 g/mol. The van der Waals surface area contributed by atoms with Crippen LogP contribution in [0.15, 0.2) is 24.3 Å². The third-order valence-electron chi connectivity index (χ3n) is 3.29. The number of anilines is 1. The summed E-state index contributed by atoms with van der Waals surface area (Å²) in [6.45, 7) is 2.34. The summed E-state index contributed by atoms with van der Waals surface area (Å²) in [5.41, 5.74) is 1.37. The van der Waals surface area contributed by atoms with E-state index in [4.69, 9.17) is 4.74 Å². The largest absolute Gasteiger partial charge is 0.378 e. The van der Waals surface area contributed by atoms with E-state index in [9.17, 15) is 9.59 Å². The van der Waals surface area contributed by atoms with Crippen molar-refractivity contribution in [3.63, 3.8) is 0 Å². The summed E-state index contributed by atoms with van der Waals surface area (Å²) in [6, 6.07) is 6.94. The molecular formula is C15H19NO3. The molecule has 1 aliphatic rings. The Morgan fingerprint density at radius 1 is 1.32 bits per heavy atom. The molecule has 1 N–H and O–H groups in total. The average Bonchev–Trinajstić information content (AvgIpc) is 2.90. The second kappa shape index (κ2) is 6.48. The van der Waals surface area contributed by atoms with Crippen molar-refractivity contribution in [1.29, 1.82) is 0 Å². The lowest BCUT2D eigenvalue weighted by Crippen LogP contribution is -2.15. The summed E-state index contributed by atoms with van der Waals surface area (Å²) in [5.74, 6) is 0.0160. The Balaban J connectivity index is 1.79. The Morgan fingerprint density at radius 2 is 2.05 bits per heavy atom. The summed E-state index contributed by atoms with van der Waals surface area (Å²) < 4.78 is 5.48. The number of Topliss-reactive ketones (excluding diaryl/α,β-unsaturated/α-hetero) is 1. The minimum Gasteiger partial charge on any atom is -0.378 e.